The van der Waals surface area contributed by atoms with Gasteiger partial charge < -0.3 is 4.90 Å². The molecule has 1 aromatic carbocycles. The lowest BCUT2D eigenvalue weighted by molar-refractivity contribution is -0.115. The van der Waals surface area contributed by atoms with Crippen LogP contribution in [0.1, 0.15) is 0 Å². The highest BCUT2D eigenvalue weighted by Crippen LogP contribution is 2.23. The molecular weight excluding hydrogens is 189 g/mol. The number of carbonyl (C=O) groups excluding carboxylic acids is 1. The summed E-state index contributed by atoms with van der Waals surface area (Å²) in [4.78, 5) is 12.9. The van der Waals surface area contributed by atoms with Crippen molar-refractivity contribution >= 4 is 23.4 Å². The average Bonchev–Trinajstić information content (AvgIpc) is 2.53. The molecule has 0 N–H and O–H groups in total. The van der Waals surface area contributed by atoms with Gasteiger partial charge in [0.1, 0.15) is 5.82 Å². The van der Waals surface area contributed by atoms with Gasteiger partial charge in [-0.2, -0.15) is 0 Å². The van der Waals surface area contributed by atoms with Crippen molar-refractivity contribution in [1.82, 2.24) is 0 Å². The highest BCUT2D eigenvalue weighted by Gasteiger charge is 2.21. The minimum absolute atomic E-state index is 0.0941. The highest BCUT2D eigenvalue weighted by atomic mass is 32.2. The Hall–Kier alpha value is -1.03. The molecule has 1 aliphatic rings. The summed E-state index contributed by atoms with van der Waals surface area (Å²) in [5, 5.41) is 0. The van der Waals surface area contributed by atoms with Crippen LogP contribution in [-0.2, 0) is 4.79 Å². The lowest BCUT2D eigenvalue weighted by Gasteiger charge is -2.13. The zero-order chi connectivity index (χ0) is 9.26. The van der Waals surface area contributed by atoms with Crippen LogP contribution in [0, 0.1) is 5.82 Å². The third-order valence-corrected chi connectivity index (χ3v) is 2.78. The third-order valence-electron chi connectivity index (χ3n) is 1.89. The number of hydrogen-bond acceptors (Lipinski definition) is 2. The van der Waals surface area contributed by atoms with Crippen LogP contribution < -0.4 is 4.90 Å². The third kappa shape index (κ3) is 1.67. The van der Waals surface area contributed by atoms with Crippen LogP contribution in [0.25, 0.3) is 0 Å². The fraction of sp³-hybridized carbons (Fsp3) is 0.222. The molecule has 0 aromatic heterocycles. The fourth-order valence-electron chi connectivity index (χ4n) is 1.21. The van der Waals surface area contributed by atoms with Crippen molar-refractivity contribution in [2.24, 2.45) is 0 Å². The molecular formula is C9H8FNOS. The summed E-state index contributed by atoms with van der Waals surface area (Å²) in [7, 11) is 0. The Morgan fingerprint density at radius 1 is 1.31 bits per heavy atom. The summed E-state index contributed by atoms with van der Waals surface area (Å²) < 4.78 is 12.6. The monoisotopic (exact) mass is 197 g/mol. The second kappa shape index (κ2) is 3.38. The molecule has 2 nitrogen and oxygen atoms in total. The first-order chi connectivity index (χ1) is 6.27. The number of carbonyl (C=O) groups is 1. The number of halogens is 1. The minimum atomic E-state index is -0.275. The molecule has 1 aliphatic heterocycles. The SMILES string of the molecule is O=C1CSCN1c1ccc(F)cc1. The van der Waals surface area contributed by atoms with E-state index in [1.54, 1.807) is 28.8 Å². The maximum Gasteiger partial charge on any atom is 0.237 e. The predicted molar refractivity (Wildman–Crippen MR) is 51.2 cm³/mol. The maximum absolute atomic E-state index is 12.6. The molecule has 2 rings (SSSR count). The lowest BCUT2D eigenvalue weighted by atomic mass is 10.3. The Morgan fingerprint density at radius 2 is 2.00 bits per heavy atom. The van der Waals surface area contributed by atoms with Crippen molar-refractivity contribution in [2.45, 2.75) is 0 Å². The number of rotatable bonds is 1. The molecule has 1 amide bonds. The predicted octanol–water partition coefficient (Wildman–Crippen LogP) is 1.86. The summed E-state index contributed by atoms with van der Waals surface area (Å²) in [6.07, 6.45) is 0. The largest absolute Gasteiger partial charge is 0.302 e. The van der Waals surface area contributed by atoms with Gasteiger partial charge in [-0.1, -0.05) is 0 Å². The number of nitrogens with zero attached hydrogens (tertiary/aromatic N) is 1. The Morgan fingerprint density at radius 3 is 2.54 bits per heavy atom. The number of amides is 1. The molecule has 1 fully saturated rings. The van der Waals surface area contributed by atoms with E-state index in [1.807, 2.05) is 0 Å². The van der Waals surface area contributed by atoms with Crippen LogP contribution in [0.3, 0.4) is 0 Å². The Labute approximate surface area is 79.7 Å². The maximum atomic E-state index is 12.6. The van der Waals surface area contributed by atoms with Gasteiger partial charge in [-0.3, -0.25) is 4.79 Å². The zero-order valence-corrected chi connectivity index (χ0v) is 7.68. The van der Waals surface area contributed by atoms with E-state index in [2.05, 4.69) is 0 Å². The van der Waals surface area contributed by atoms with E-state index in [0.29, 0.717) is 11.6 Å². The van der Waals surface area contributed by atoms with Gasteiger partial charge in [0.2, 0.25) is 5.91 Å². The Bertz CT molecular complexity index is 325. The molecule has 0 aliphatic carbocycles. The van der Waals surface area contributed by atoms with Crippen molar-refractivity contribution in [3.05, 3.63) is 30.1 Å². The molecule has 0 radical (unpaired) electrons. The van der Waals surface area contributed by atoms with E-state index >= 15 is 0 Å². The molecule has 1 saturated heterocycles. The second-order valence-electron chi connectivity index (χ2n) is 2.78. The molecule has 0 spiro atoms. The van der Waals surface area contributed by atoms with Crippen LogP contribution in [0.2, 0.25) is 0 Å². The summed E-state index contributed by atoms with van der Waals surface area (Å²) in [5.74, 6) is 1.02. The zero-order valence-electron chi connectivity index (χ0n) is 6.87. The van der Waals surface area contributed by atoms with E-state index < -0.39 is 0 Å². The first-order valence-electron chi connectivity index (χ1n) is 3.91. The van der Waals surface area contributed by atoms with Gasteiger partial charge in [-0.15, -0.1) is 11.8 Å². The van der Waals surface area contributed by atoms with E-state index in [0.717, 1.165) is 5.69 Å². The van der Waals surface area contributed by atoms with E-state index in [4.69, 9.17) is 0 Å². The van der Waals surface area contributed by atoms with Crippen molar-refractivity contribution in [3.8, 4) is 0 Å². The molecule has 1 heterocycles. The Kier molecular flexibility index (Phi) is 2.22. The molecule has 4 heteroatoms. The molecule has 1 aromatic rings. The molecule has 0 saturated carbocycles. The van der Waals surface area contributed by atoms with Crippen LogP contribution in [0.4, 0.5) is 10.1 Å². The summed E-state index contributed by atoms with van der Waals surface area (Å²) in [6, 6.07) is 5.98. The normalized spacial score (nSPS) is 16.7. The second-order valence-corrected chi connectivity index (χ2v) is 3.73. The topological polar surface area (TPSA) is 20.3 Å². The minimum Gasteiger partial charge on any atom is -0.302 e. The fourth-order valence-corrected chi connectivity index (χ4v) is 2.11. The van der Waals surface area contributed by atoms with Gasteiger partial charge in [-0.05, 0) is 24.3 Å². The Balaban J connectivity index is 2.25. The van der Waals surface area contributed by atoms with Gasteiger partial charge in [0.15, 0.2) is 0 Å². The number of anilines is 1. The summed E-state index contributed by atoms with van der Waals surface area (Å²) >= 11 is 1.57. The summed E-state index contributed by atoms with van der Waals surface area (Å²) in [6.45, 7) is 0. The lowest BCUT2D eigenvalue weighted by Crippen LogP contribution is -2.24. The van der Waals surface area contributed by atoms with Gasteiger partial charge in [0.05, 0.1) is 11.6 Å². The molecule has 0 unspecified atom stereocenters. The van der Waals surface area contributed by atoms with Gasteiger partial charge in [0.25, 0.3) is 0 Å². The van der Waals surface area contributed by atoms with Crippen LogP contribution in [0.15, 0.2) is 24.3 Å². The first kappa shape index (κ1) is 8.56. The van der Waals surface area contributed by atoms with Crippen molar-refractivity contribution in [3.63, 3.8) is 0 Å². The van der Waals surface area contributed by atoms with Crippen LogP contribution in [-0.4, -0.2) is 17.5 Å². The quantitative estimate of drug-likeness (QED) is 0.685. The smallest absolute Gasteiger partial charge is 0.237 e. The molecule has 68 valence electrons. The highest BCUT2D eigenvalue weighted by molar-refractivity contribution is 8.00. The van der Waals surface area contributed by atoms with Gasteiger partial charge >= 0.3 is 0 Å². The van der Waals surface area contributed by atoms with Crippen LogP contribution >= 0.6 is 11.8 Å². The van der Waals surface area contributed by atoms with Crippen LogP contribution in [0.5, 0.6) is 0 Å². The van der Waals surface area contributed by atoms with E-state index in [1.165, 1.54) is 12.1 Å². The molecule has 0 bridgehead atoms. The summed E-state index contributed by atoms with van der Waals surface area (Å²) in [5.41, 5.74) is 0.774. The van der Waals surface area contributed by atoms with E-state index in [-0.39, 0.29) is 11.7 Å². The van der Waals surface area contributed by atoms with Gasteiger partial charge in [0, 0.05) is 5.69 Å². The van der Waals surface area contributed by atoms with Gasteiger partial charge in [-0.25, -0.2) is 4.39 Å². The van der Waals surface area contributed by atoms with Crippen molar-refractivity contribution in [1.29, 1.82) is 0 Å². The molecule has 0 atom stereocenters. The first-order valence-corrected chi connectivity index (χ1v) is 5.06. The van der Waals surface area contributed by atoms with Crippen molar-refractivity contribution in [2.75, 3.05) is 16.5 Å². The van der Waals surface area contributed by atoms with Crippen molar-refractivity contribution < 1.29 is 9.18 Å². The number of benzene rings is 1. The number of thioether (sulfide) groups is 1. The standard InChI is InChI=1S/C9H8FNOS/c10-7-1-3-8(4-2-7)11-6-13-5-9(11)12/h1-4H,5-6H2. The number of hydrogen-bond donors (Lipinski definition) is 0. The average molecular weight is 197 g/mol. The molecule has 13 heavy (non-hydrogen) atoms. The van der Waals surface area contributed by atoms with E-state index in [9.17, 15) is 9.18 Å².